The number of amides is 1. The number of aryl methyl sites for hydroxylation is 1. The van der Waals surface area contributed by atoms with Crippen LogP contribution in [0.5, 0.6) is 0 Å². The summed E-state index contributed by atoms with van der Waals surface area (Å²) < 4.78 is 0. The molecule has 34 heavy (non-hydrogen) atoms. The van der Waals surface area contributed by atoms with Gasteiger partial charge in [-0.25, -0.2) is 15.0 Å². The minimum absolute atomic E-state index is 0.158. The first-order valence-corrected chi connectivity index (χ1v) is 11.6. The van der Waals surface area contributed by atoms with Crippen LogP contribution in [0.25, 0.3) is 22.3 Å². The maximum Gasteiger partial charge on any atom is 0.219 e. The van der Waals surface area contributed by atoms with Crippen molar-refractivity contribution in [1.29, 1.82) is 0 Å². The predicted octanol–water partition coefficient (Wildman–Crippen LogP) is 3.29. The third kappa shape index (κ3) is 4.68. The zero-order valence-corrected chi connectivity index (χ0v) is 19.9. The van der Waals surface area contributed by atoms with Gasteiger partial charge in [-0.1, -0.05) is 6.07 Å². The highest BCUT2D eigenvalue weighted by Crippen LogP contribution is 2.25. The van der Waals surface area contributed by atoms with Gasteiger partial charge in [-0.2, -0.15) is 0 Å². The molecule has 0 radical (unpaired) electrons. The van der Waals surface area contributed by atoms with Crippen molar-refractivity contribution >= 4 is 16.9 Å². The standard InChI is InChI=1S/C26H29N7O/c1-17-18(2)28-16-29-26(17)21-4-5-23-24(13-21)31-25(30-23)14-22-12-20(6-7-27-22)15-32-8-10-33(11-9-32)19(3)34/h4-7,12-13,16H,8-11,14-15H2,1-3H3,(H,30,31). The second kappa shape index (κ2) is 9.30. The van der Waals surface area contributed by atoms with Gasteiger partial charge in [0.25, 0.3) is 0 Å². The Morgan fingerprint density at radius 2 is 1.85 bits per heavy atom. The number of hydrogen-bond acceptors (Lipinski definition) is 6. The summed E-state index contributed by atoms with van der Waals surface area (Å²) in [6.07, 6.45) is 4.13. The molecular weight excluding hydrogens is 426 g/mol. The normalized spacial score (nSPS) is 14.6. The lowest BCUT2D eigenvalue weighted by molar-refractivity contribution is -0.130. The molecule has 0 bridgehead atoms. The fourth-order valence-corrected chi connectivity index (χ4v) is 4.50. The number of carbonyl (C=O) groups is 1. The summed E-state index contributed by atoms with van der Waals surface area (Å²) in [6.45, 7) is 9.94. The van der Waals surface area contributed by atoms with Crippen LogP contribution in [0.15, 0.2) is 42.9 Å². The van der Waals surface area contributed by atoms with Crippen molar-refractivity contribution in [2.24, 2.45) is 0 Å². The Bertz CT molecular complexity index is 1340. The number of nitrogens with one attached hydrogen (secondary N) is 1. The number of pyridine rings is 1. The molecule has 1 amide bonds. The molecule has 5 rings (SSSR count). The first kappa shape index (κ1) is 22.2. The highest BCUT2D eigenvalue weighted by molar-refractivity contribution is 5.82. The van der Waals surface area contributed by atoms with E-state index in [-0.39, 0.29) is 5.91 Å². The second-order valence-corrected chi connectivity index (χ2v) is 8.96. The van der Waals surface area contributed by atoms with Crippen LogP contribution in [0, 0.1) is 13.8 Å². The number of hydrogen-bond donors (Lipinski definition) is 1. The maximum atomic E-state index is 11.6. The summed E-state index contributed by atoms with van der Waals surface area (Å²) in [6, 6.07) is 10.4. The van der Waals surface area contributed by atoms with E-state index in [2.05, 4.69) is 56.0 Å². The van der Waals surface area contributed by atoms with E-state index >= 15 is 0 Å². The van der Waals surface area contributed by atoms with E-state index in [1.165, 1.54) is 5.56 Å². The summed E-state index contributed by atoms with van der Waals surface area (Å²) >= 11 is 0. The molecule has 1 N–H and O–H groups in total. The molecule has 1 aromatic carbocycles. The largest absolute Gasteiger partial charge is 0.342 e. The van der Waals surface area contributed by atoms with Crippen molar-refractivity contribution in [3.8, 4) is 11.3 Å². The van der Waals surface area contributed by atoms with Crippen LogP contribution in [0.1, 0.15) is 35.3 Å². The van der Waals surface area contributed by atoms with Crippen LogP contribution in [0.3, 0.4) is 0 Å². The van der Waals surface area contributed by atoms with Crippen LogP contribution in [-0.4, -0.2) is 66.8 Å². The third-order valence-corrected chi connectivity index (χ3v) is 6.59. The van der Waals surface area contributed by atoms with Gasteiger partial charge in [0.05, 0.1) is 16.7 Å². The molecule has 174 valence electrons. The predicted molar refractivity (Wildman–Crippen MR) is 131 cm³/mol. The van der Waals surface area contributed by atoms with E-state index in [0.29, 0.717) is 6.42 Å². The molecule has 1 fully saturated rings. The van der Waals surface area contributed by atoms with Gasteiger partial charge >= 0.3 is 0 Å². The summed E-state index contributed by atoms with van der Waals surface area (Å²) in [5.74, 6) is 1.05. The molecule has 3 aromatic heterocycles. The first-order chi connectivity index (χ1) is 16.5. The van der Waals surface area contributed by atoms with E-state index in [1.807, 2.05) is 24.1 Å². The molecule has 1 saturated heterocycles. The van der Waals surface area contributed by atoms with Crippen LogP contribution in [0.2, 0.25) is 0 Å². The van der Waals surface area contributed by atoms with Gasteiger partial charge in [0.15, 0.2) is 0 Å². The topological polar surface area (TPSA) is 90.9 Å². The molecule has 0 saturated carbocycles. The highest BCUT2D eigenvalue weighted by atomic mass is 16.2. The molecule has 8 heteroatoms. The van der Waals surface area contributed by atoms with E-state index in [1.54, 1.807) is 13.3 Å². The number of nitrogens with zero attached hydrogens (tertiary/aromatic N) is 6. The summed E-state index contributed by atoms with van der Waals surface area (Å²) in [5, 5.41) is 0. The van der Waals surface area contributed by atoms with Crippen molar-refractivity contribution < 1.29 is 4.79 Å². The molecule has 8 nitrogen and oxygen atoms in total. The van der Waals surface area contributed by atoms with Crippen LogP contribution >= 0.6 is 0 Å². The molecule has 4 aromatic rings. The van der Waals surface area contributed by atoms with Crippen molar-refractivity contribution in [2.75, 3.05) is 26.2 Å². The number of carbonyl (C=O) groups excluding carboxylic acids is 1. The lowest BCUT2D eigenvalue weighted by Crippen LogP contribution is -2.47. The average Bonchev–Trinajstić information content (AvgIpc) is 3.23. The molecule has 1 aliphatic heterocycles. The molecular formula is C26H29N7O. The number of rotatable bonds is 5. The SMILES string of the molecule is CC(=O)N1CCN(Cc2ccnc(Cc3nc4ccc(-c5ncnc(C)c5C)cc4[nH]3)c2)CC1. The van der Waals surface area contributed by atoms with Gasteiger partial charge in [0.1, 0.15) is 12.2 Å². The van der Waals surface area contributed by atoms with Crippen LogP contribution in [-0.2, 0) is 17.8 Å². The average molecular weight is 456 g/mol. The van der Waals surface area contributed by atoms with Crippen molar-refractivity contribution in [2.45, 2.75) is 33.7 Å². The number of aromatic amines is 1. The fraction of sp³-hybridized carbons (Fsp3) is 0.346. The second-order valence-electron chi connectivity index (χ2n) is 8.96. The van der Waals surface area contributed by atoms with Gasteiger partial charge in [-0.3, -0.25) is 14.7 Å². The Labute approximate surface area is 199 Å². The molecule has 0 spiro atoms. The third-order valence-electron chi connectivity index (χ3n) is 6.59. The quantitative estimate of drug-likeness (QED) is 0.497. The summed E-state index contributed by atoms with van der Waals surface area (Å²) in [5.41, 5.74) is 8.21. The van der Waals surface area contributed by atoms with Gasteiger partial charge in [0, 0.05) is 69.2 Å². The molecule has 0 unspecified atom stereocenters. The molecule has 0 aliphatic carbocycles. The maximum absolute atomic E-state index is 11.6. The minimum Gasteiger partial charge on any atom is -0.342 e. The Kier molecular flexibility index (Phi) is 6.06. The zero-order chi connectivity index (χ0) is 23.7. The number of imidazole rings is 1. The summed E-state index contributed by atoms with van der Waals surface area (Å²) in [7, 11) is 0. The number of piperazine rings is 1. The lowest BCUT2D eigenvalue weighted by Gasteiger charge is -2.34. The first-order valence-electron chi connectivity index (χ1n) is 11.6. The number of aromatic nitrogens is 5. The molecule has 4 heterocycles. The fourth-order valence-electron chi connectivity index (χ4n) is 4.50. The Morgan fingerprint density at radius 1 is 1.03 bits per heavy atom. The van der Waals surface area contributed by atoms with Gasteiger partial charge in [-0.15, -0.1) is 0 Å². The van der Waals surface area contributed by atoms with Crippen LogP contribution in [0.4, 0.5) is 0 Å². The van der Waals surface area contributed by atoms with E-state index in [0.717, 1.165) is 77.8 Å². The van der Waals surface area contributed by atoms with E-state index < -0.39 is 0 Å². The Morgan fingerprint density at radius 3 is 2.65 bits per heavy atom. The monoisotopic (exact) mass is 455 g/mol. The lowest BCUT2D eigenvalue weighted by atomic mass is 10.1. The zero-order valence-electron chi connectivity index (χ0n) is 19.9. The minimum atomic E-state index is 0.158. The Balaban J connectivity index is 1.30. The molecule has 1 aliphatic rings. The van der Waals surface area contributed by atoms with Gasteiger partial charge in [-0.05, 0) is 49.2 Å². The number of benzene rings is 1. The van der Waals surface area contributed by atoms with E-state index in [9.17, 15) is 4.79 Å². The van der Waals surface area contributed by atoms with Crippen molar-refractivity contribution in [1.82, 2.24) is 34.7 Å². The summed E-state index contributed by atoms with van der Waals surface area (Å²) in [4.78, 5) is 37.4. The highest BCUT2D eigenvalue weighted by Gasteiger charge is 2.18. The number of H-pyrrole nitrogens is 1. The molecule has 0 atom stereocenters. The van der Waals surface area contributed by atoms with Crippen LogP contribution < -0.4 is 0 Å². The van der Waals surface area contributed by atoms with Gasteiger partial charge < -0.3 is 9.88 Å². The number of fused-ring (bicyclic) bond motifs is 1. The van der Waals surface area contributed by atoms with Gasteiger partial charge in [0.2, 0.25) is 5.91 Å². The van der Waals surface area contributed by atoms with E-state index in [4.69, 9.17) is 4.98 Å². The van der Waals surface area contributed by atoms with Crippen molar-refractivity contribution in [3.63, 3.8) is 0 Å². The smallest absolute Gasteiger partial charge is 0.219 e. The Hall–Kier alpha value is -3.65. The van der Waals surface area contributed by atoms with Crippen molar-refractivity contribution in [3.05, 3.63) is 71.2 Å².